The quantitative estimate of drug-likeness (QED) is 0.0607. The summed E-state index contributed by atoms with van der Waals surface area (Å²) in [5, 5.41) is 19.1. The largest absolute Gasteiger partial charge is 0.478 e. The molecule has 0 fully saturated rings. The zero-order valence-electron chi connectivity index (χ0n) is 29.3. The van der Waals surface area contributed by atoms with Gasteiger partial charge < -0.3 is 15.7 Å². The maximum Gasteiger partial charge on any atom is 0.337 e. The molecule has 7 rings (SSSR count). The molecular formula is C34H23ClN8O12S4. The van der Waals surface area contributed by atoms with Gasteiger partial charge in [-0.15, -0.1) is 11.3 Å². The number of Topliss-reactive ketones (excluding diaryl/α,β-unsaturated/α-hetero) is 1. The van der Waals surface area contributed by atoms with Gasteiger partial charge in [0.2, 0.25) is 23.0 Å². The molecule has 6 aromatic rings. The van der Waals surface area contributed by atoms with E-state index in [2.05, 4.69) is 41.1 Å². The number of benzene rings is 4. The number of anilines is 5. The molecule has 4 aromatic carbocycles. The molecule has 20 nitrogen and oxygen atoms in total. The number of fused-ring (bicyclic) bond motifs is 2. The van der Waals surface area contributed by atoms with Crippen LogP contribution < -0.4 is 16.1 Å². The predicted molar refractivity (Wildman–Crippen MR) is 216 cm³/mol. The topological polar surface area (TPSA) is 317 Å². The van der Waals surface area contributed by atoms with E-state index in [0.29, 0.717) is 32.0 Å². The normalized spacial score (nSPS) is 13.9. The van der Waals surface area contributed by atoms with Gasteiger partial charge in [0, 0.05) is 11.3 Å². The summed E-state index contributed by atoms with van der Waals surface area (Å²) in [5.41, 5.74) is 1.50. The van der Waals surface area contributed by atoms with Crippen LogP contribution >= 0.6 is 22.9 Å². The molecule has 1 aliphatic rings. The Labute approximate surface area is 341 Å². The highest BCUT2D eigenvalue weighted by Gasteiger charge is 2.36. The number of aromatic carboxylic acids is 1. The molecule has 0 unspecified atom stereocenters. The third kappa shape index (κ3) is 8.64. The Morgan fingerprint density at radius 2 is 1.47 bits per heavy atom. The van der Waals surface area contributed by atoms with Crippen molar-refractivity contribution < 1.29 is 53.6 Å². The van der Waals surface area contributed by atoms with Crippen molar-refractivity contribution in [3.63, 3.8) is 0 Å². The van der Waals surface area contributed by atoms with E-state index in [1.54, 1.807) is 37.3 Å². The molecule has 1 aliphatic carbocycles. The minimum atomic E-state index is -5.24. The number of aryl methyl sites for hydroxylation is 1. The van der Waals surface area contributed by atoms with E-state index < -0.39 is 74.4 Å². The van der Waals surface area contributed by atoms with Gasteiger partial charge in [-0.1, -0.05) is 12.1 Å². The van der Waals surface area contributed by atoms with Gasteiger partial charge in [0.25, 0.3) is 30.4 Å². The molecule has 0 radical (unpaired) electrons. The second-order valence-corrected chi connectivity index (χ2v) is 17.9. The van der Waals surface area contributed by atoms with Gasteiger partial charge in [0.15, 0.2) is 5.71 Å². The standard InChI is InChI=1S/C34H23ClN8O12S4/c1-15-10-24-22(14-25(15)58(50,51)52)37-30(56-24)16-6-8-18(9-7-16)36-33-39-32(35)40-34(41-33)38-23-13-19(57(47,48)49)11-17-12-26(59(53,54)55)28(29(44)27(17)23)43-42-21-5-3-2-4-20(21)31(45)46/h2-14,42H,1H3,(H,45,46)(H,47,48,49)(H,50,51,52)(H,53,54,55)(H2,36,38,39,40,41). The van der Waals surface area contributed by atoms with Crippen molar-refractivity contribution >= 4 is 116 Å². The van der Waals surface area contributed by atoms with Crippen LogP contribution in [0.5, 0.6) is 0 Å². The Morgan fingerprint density at radius 3 is 2.12 bits per heavy atom. The third-order valence-electron chi connectivity index (χ3n) is 8.33. The number of carbonyl (C=O) groups is 2. The average molecular weight is 899 g/mol. The SMILES string of the molecule is Cc1cc2sc(-c3ccc(Nc4nc(Cl)nc(Nc5cc(S(=O)(=O)O)cc6c5C(=O)C(=NNc5ccccc5C(=O)O)C(S(=O)(=O)O)=C6)n4)cc3)nc2cc1S(=O)(=O)O. The molecule has 0 atom stereocenters. The van der Waals surface area contributed by atoms with Crippen LogP contribution in [0.25, 0.3) is 26.9 Å². The Kier molecular flexibility index (Phi) is 10.5. The smallest absolute Gasteiger partial charge is 0.337 e. The van der Waals surface area contributed by atoms with Gasteiger partial charge in [-0.05, 0) is 96.4 Å². The van der Waals surface area contributed by atoms with Crippen molar-refractivity contribution in [2.75, 3.05) is 16.1 Å². The number of rotatable bonds is 11. The number of hydrogen-bond acceptors (Lipinski definition) is 17. The van der Waals surface area contributed by atoms with Gasteiger partial charge in [0.1, 0.15) is 9.91 Å². The summed E-state index contributed by atoms with van der Waals surface area (Å²) in [4.78, 5) is 40.3. The van der Waals surface area contributed by atoms with Crippen molar-refractivity contribution in [2.24, 2.45) is 5.10 Å². The molecule has 0 saturated heterocycles. The van der Waals surface area contributed by atoms with Gasteiger partial charge in [-0.3, -0.25) is 23.9 Å². The van der Waals surface area contributed by atoms with E-state index in [0.717, 1.165) is 18.2 Å². The van der Waals surface area contributed by atoms with Crippen LogP contribution in [0.15, 0.2) is 92.6 Å². The van der Waals surface area contributed by atoms with Crippen molar-refractivity contribution in [1.82, 2.24) is 19.9 Å². The van der Waals surface area contributed by atoms with Crippen molar-refractivity contribution in [2.45, 2.75) is 16.7 Å². The first-order valence-corrected chi connectivity index (χ1v) is 21.7. The molecular weight excluding hydrogens is 876 g/mol. The number of nitrogens with one attached hydrogen (secondary N) is 3. The Balaban J connectivity index is 1.22. The minimum absolute atomic E-state index is 0.154. The van der Waals surface area contributed by atoms with Crippen LogP contribution in [-0.2, 0) is 30.4 Å². The molecule has 2 heterocycles. The van der Waals surface area contributed by atoms with Crippen LogP contribution in [0.1, 0.15) is 31.8 Å². The second kappa shape index (κ2) is 15.2. The summed E-state index contributed by atoms with van der Waals surface area (Å²) in [6.07, 6.45) is 0.721. The Bertz CT molecular complexity index is 3190. The van der Waals surface area contributed by atoms with E-state index in [1.807, 2.05) is 0 Å². The Hall–Kier alpha value is -6.25. The lowest BCUT2D eigenvalue weighted by Crippen LogP contribution is -2.28. The van der Waals surface area contributed by atoms with Gasteiger partial charge in [-0.2, -0.15) is 45.3 Å². The van der Waals surface area contributed by atoms with E-state index in [1.165, 1.54) is 41.7 Å². The second-order valence-electron chi connectivity index (χ2n) is 12.3. The number of ketones is 1. The first-order valence-electron chi connectivity index (χ1n) is 16.2. The summed E-state index contributed by atoms with van der Waals surface area (Å²) >= 11 is 7.49. The van der Waals surface area contributed by atoms with Crippen LogP contribution in [0, 0.1) is 6.92 Å². The number of para-hydroxylation sites is 1. The van der Waals surface area contributed by atoms with E-state index in [9.17, 15) is 53.6 Å². The van der Waals surface area contributed by atoms with Gasteiger partial charge in [0.05, 0.1) is 42.5 Å². The lowest BCUT2D eigenvalue weighted by Gasteiger charge is -2.20. The maximum absolute atomic E-state index is 14.0. The summed E-state index contributed by atoms with van der Waals surface area (Å²) in [6, 6.07) is 16.5. The van der Waals surface area contributed by atoms with Crippen molar-refractivity contribution in [3.8, 4) is 10.6 Å². The molecule has 302 valence electrons. The first kappa shape index (κ1) is 40.9. The Morgan fingerprint density at radius 1 is 0.797 bits per heavy atom. The number of carboxylic acid groups (broad SMARTS) is 1. The number of carbonyl (C=O) groups excluding carboxylic acids is 1. The summed E-state index contributed by atoms with van der Waals surface area (Å²) < 4.78 is 103. The summed E-state index contributed by atoms with van der Waals surface area (Å²) in [6.45, 7) is 1.55. The van der Waals surface area contributed by atoms with Crippen LogP contribution in [0.2, 0.25) is 5.28 Å². The van der Waals surface area contributed by atoms with Crippen molar-refractivity contribution in [3.05, 3.63) is 105 Å². The molecule has 59 heavy (non-hydrogen) atoms. The average Bonchev–Trinajstić information content (AvgIpc) is 3.55. The number of aromatic nitrogens is 4. The molecule has 0 amide bonds. The summed E-state index contributed by atoms with van der Waals surface area (Å²) in [7, 11) is -14.7. The molecule has 2 aromatic heterocycles. The van der Waals surface area contributed by atoms with E-state index >= 15 is 0 Å². The zero-order valence-corrected chi connectivity index (χ0v) is 33.3. The highest BCUT2D eigenvalue weighted by Crippen LogP contribution is 2.36. The first-order chi connectivity index (χ1) is 27.7. The number of hydrazone groups is 1. The number of thiazole rings is 1. The van der Waals surface area contributed by atoms with E-state index in [4.69, 9.17) is 11.6 Å². The molecule has 7 N–H and O–H groups in total. The van der Waals surface area contributed by atoms with E-state index in [-0.39, 0.29) is 33.3 Å². The number of nitrogens with zero attached hydrogens (tertiary/aromatic N) is 5. The summed E-state index contributed by atoms with van der Waals surface area (Å²) in [5.74, 6) is -3.12. The minimum Gasteiger partial charge on any atom is -0.478 e. The molecule has 0 saturated carbocycles. The fraction of sp³-hybridized carbons (Fsp3) is 0.0294. The molecule has 25 heteroatoms. The monoisotopic (exact) mass is 898 g/mol. The van der Waals surface area contributed by atoms with Gasteiger partial charge in [-0.25, -0.2) is 9.78 Å². The predicted octanol–water partition coefficient (Wildman–Crippen LogP) is 5.68. The fourth-order valence-corrected chi connectivity index (χ4v) is 8.88. The van der Waals surface area contributed by atoms with Gasteiger partial charge >= 0.3 is 5.97 Å². The lowest BCUT2D eigenvalue weighted by molar-refractivity contribution is 0.0697. The maximum atomic E-state index is 14.0. The highest BCUT2D eigenvalue weighted by molar-refractivity contribution is 7.91. The number of allylic oxidation sites excluding steroid dienone is 1. The molecule has 0 spiro atoms. The third-order valence-corrected chi connectivity index (χ3v) is 12.3. The molecule has 0 bridgehead atoms. The zero-order chi connectivity index (χ0) is 42.6. The number of carboxylic acids is 1. The molecule has 0 aliphatic heterocycles. The highest BCUT2D eigenvalue weighted by atomic mass is 35.5. The van der Waals surface area contributed by atoms with Crippen LogP contribution in [0.3, 0.4) is 0 Å². The fourth-order valence-electron chi connectivity index (χ4n) is 5.74. The van der Waals surface area contributed by atoms with Crippen LogP contribution in [0.4, 0.5) is 29.0 Å². The van der Waals surface area contributed by atoms with Crippen LogP contribution in [-0.4, -0.2) is 81.4 Å². The number of halogens is 1. The lowest BCUT2D eigenvalue weighted by atomic mass is 9.93. The number of hydrogen-bond donors (Lipinski definition) is 7. The van der Waals surface area contributed by atoms with Crippen molar-refractivity contribution in [1.29, 1.82) is 0 Å².